The molecule has 0 unspecified atom stereocenters. The highest BCUT2D eigenvalue weighted by Crippen LogP contribution is 2.21. The number of carboxylic acid groups (broad SMARTS) is 1. The van der Waals surface area contributed by atoms with Gasteiger partial charge < -0.3 is 5.11 Å². The van der Waals surface area contributed by atoms with Gasteiger partial charge in [-0.3, -0.25) is 0 Å². The number of carboxylic acids is 1. The average Bonchev–Trinajstić information content (AvgIpc) is 2.79. The van der Waals surface area contributed by atoms with Gasteiger partial charge in [0.1, 0.15) is 4.88 Å². The fraction of sp³-hybridized carbons (Fsp3) is 0.214. The Balaban J connectivity index is 2.22. The first kappa shape index (κ1) is 14.7. The van der Waals surface area contributed by atoms with Crippen LogP contribution in [0.4, 0.5) is 0 Å². The van der Waals surface area contributed by atoms with Crippen molar-refractivity contribution in [3.05, 3.63) is 57.3 Å². The van der Waals surface area contributed by atoms with Crippen molar-refractivity contribution >= 4 is 27.1 Å². The van der Waals surface area contributed by atoms with Crippen LogP contribution in [0.3, 0.4) is 0 Å². The number of aryl methyl sites for hydroxylation is 1. The summed E-state index contributed by atoms with van der Waals surface area (Å²) in [5.74, 6) is -1.40. The molecule has 0 bridgehead atoms. The van der Waals surface area contributed by atoms with Gasteiger partial charge in [0, 0.05) is 0 Å². The minimum Gasteiger partial charge on any atom is -0.477 e. The molecule has 6 heteroatoms. The Morgan fingerprint density at radius 1 is 1.15 bits per heavy atom. The number of aromatic carboxylic acids is 1. The molecule has 0 saturated carbocycles. The largest absolute Gasteiger partial charge is 0.477 e. The standard InChI is InChI=1S/C14H14O4S2/c1-10-4-2-3-5-11(10)8-20(17,18)9-12-6-7-19-13(12)14(15)16/h2-7H,8-9H2,1H3,(H,15,16). The van der Waals surface area contributed by atoms with Crippen LogP contribution >= 0.6 is 11.3 Å². The second-order valence-corrected chi connectivity index (χ2v) is 7.52. The molecule has 1 aromatic heterocycles. The summed E-state index contributed by atoms with van der Waals surface area (Å²) in [7, 11) is -3.39. The summed E-state index contributed by atoms with van der Waals surface area (Å²) in [6, 6.07) is 8.85. The predicted molar refractivity (Wildman–Crippen MR) is 78.8 cm³/mol. The second-order valence-electron chi connectivity index (χ2n) is 4.54. The van der Waals surface area contributed by atoms with Crippen molar-refractivity contribution in [2.24, 2.45) is 0 Å². The van der Waals surface area contributed by atoms with Gasteiger partial charge in [-0.05, 0) is 35.1 Å². The summed E-state index contributed by atoms with van der Waals surface area (Å²) >= 11 is 1.04. The van der Waals surface area contributed by atoms with Crippen LogP contribution in [0, 0.1) is 6.92 Å². The average molecular weight is 310 g/mol. The van der Waals surface area contributed by atoms with Gasteiger partial charge in [0.05, 0.1) is 11.5 Å². The SMILES string of the molecule is Cc1ccccc1CS(=O)(=O)Cc1ccsc1C(=O)O. The normalized spacial score (nSPS) is 11.4. The van der Waals surface area contributed by atoms with Crippen LogP contribution in [-0.2, 0) is 21.3 Å². The fourth-order valence-corrected chi connectivity index (χ4v) is 4.40. The summed E-state index contributed by atoms with van der Waals surface area (Å²) < 4.78 is 24.4. The first-order valence-electron chi connectivity index (χ1n) is 5.93. The number of benzene rings is 1. The van der Waals surface area contributed by atoms with Gasteiger partial charge in [-0.1, -0.05) is 24.3 Å². The maximum absolute atomic E-state index is 12.2. The second kappa shape index (κ2) is 5.76. The molecule has 0 aliphatic carbocycles. The van der Waals surface area contributed by atoms with E-state index in [1.807, 2.05) is 19.1 Å². The first-order valence-corrected chi connectivity index (χ1v) is 8.64. The Labute approximate surface area is 121 Å². The molecule has 0 spiro atoms. The Kier molecular flexibility index (Phi) is 4.25. The molecular weight excluding hydrogens is 296 g/mol. The quantitative estimate of drug-likeness (QED) is 0.921. The van der Waals surface area contributed by atoms with Gasteiger partial charge in [0.2, 0.25) is 0 Å². The van der Waals surface area contributed by atoms with Gasteiger partial charge in [-0.25, -0.2) is 13.2 Å². The minimum absolute atomic E-state index is 0.0748. The Morgan fingerprint density at radius 2 is 1.80 bits per heavy atom. The van der Waals surface area contributed by atoms with Crippen LogP contribution in [0.15, 0.2) is 35.7 Å². The van der Waals surface area contributed by atoms with E-state index in [2.05, 4.69) is 0 Å². The third kappa shape index (κ3) is 3.46. The van der Waals surface area contributed by atoms with Crippen LogP contribution in [-0.4, -0.2) is 19.5 Å². The van der Waals surface area contributed by atoms with Gasteiger partial charge >= 0.3 is 5.97 Å². The number of thiophene rings is 1. The van der Waals surface area contributed by atoms with E-state index in [9.17, 15) is 13.2 Å². The van der Waals surface area contributed by atoms with Gasteiger partial charge in [-0.2, -0.15) is 0 Å². The van der Waals surface area contributed by atoms with E-state index in [1.165, 1.54) is 0 Å². The molecule has 0 saturated heterocycles. The summed E-state index contributed by atoms with van der Waals surface area (Å²) in [5, 5.41) is 10.6. The van der Waals surface area contributed by atoms with Crippen LogP contribution in [0.2, 0.25) is 0 Å². The molecular formula is C14H14O4S2. The maximum Gasteiger partial charge on any atom is 0.346 e. The molecule has 0 radical (unpaired) electrons. The third-order valence-corrected chi connectivity index (χ3v) is 5.40. The molecule has 20 heavy (non-hydrogen) atoms. The molecule has 1 heterocycles. The van der Waals surface area contributed by atoms with E-state index in [1.54, 1.807) is 23.6 Å². The molecule has 4 nitrogen and oxygen atoms in total. The molecule has 1 aromatic carbocycles. The smallest absolute Gasteiger partial charge is 0.346 e. The van der Waals surface area contributed by atoms with Crippen LogP contribution in [0.25, 0.3) is 0 Å². The summed E-state index contributed by atoms with van der Waals surface area (Å²) in [6.07, 6.45) is 0. The zero-order valence-electron chi connectivity index (χ0n) is 10.9. The molecule has 0 amide bonds. The maximum atomic E-state index is 12.2. The van der Waals surface area contributed by atoms with Crippen molar-refractivity contribution in [2.45, 2.75) is 18.4 Å². The fourth-order valence-electron chi connectivity index (χ4n) is 1.93. The molecule has 1 N–H and O–H groups in total. The van der Waals surface area contributed by atoms with E-state index >= 15 is 0 Å². The summed E-state index contributed by atoms with van der Waals surface area (Å²) in [6.45, 7) is 1.86. The molecule has 2 rings (SSSR count). The highest BCUT2D eigenvalue weighted by Gasteiger charge is 2.19. The molecule has 0 fully saturated rings. The molecule has 2 aromatic rings. The van der Waals surface area contributed by atoms with Crippen LogP contribution < -0.4 is 0 Å². The summed E-state index contributed by atoms with van der Waals surface area (Å²) in [5.41, 5.74) is 2.02. The van der Waals surface area contributed by atoms with Crippen molar-refractivity contribution in [2.75, 3.05) is 0 Å². The highest BCUT2D eigenvalue weighted by atomic mass is 32.2. The van der Waals surface area contributed by atoms with Crippen molar-refractivity contribution in [1.82, 2.24) is 0 Å². The van der Waals surface area contributed by atoms with E-state index in [4.69, 9.17) is 5.11 Å². The zero-order chi connectivity index (χ0) is 14.8. The molecule has 0 aliphatic rings. The van der Waals surface area contributed by atoms with E-state index in [0.29, 0.717) is 5.56 Å². The van der Waals surface area contributed by atoms with Crippen molar-refractivity contribution in [3.63, 3.8) is 0 Å². The van der Waals surface area contributed by atoms with Crippen LogP contribution in [0.1, 0.15) is 26.4 Å². The molecule has 106 valence electrons. The Hall–Kier alpha value is -1.66. The number of hydrogen-bond acceptors (Lipinski definition) is 4. The minimum atomic E-state index is -3.39. The van der Waals surface area contributed by atoms with Crippen molar-refractivity contribution in [1.29, 1.82) is 0 Å². The highest BCUT2D eigenvalue weighted by molar-refractivity contribution is 7.89. The zero-order valence-corrected chi connectivity index (χ0v) is 12.5. The lowest BCUT2D eigenvalue weighted by molar-refractivity contribution is 0.0701. The predicted octanol–water partition coefficient (Wildman–Crippen LogP) is 2.87. The number of hydrogen-bond donors (Lipinski definition) is 1. The Bertz CT molecular complexity index is 729. The van der Waals surface area contributed by atoms with Crippen molar-refractivity contribution < 1.29 is 18.3 Å². The Morgan fingerprint density at radius 3 is 2.45 bits per heavy atom. The van der Waals surface area contributed by atoms with Gasteiger partial charge in [0.15, 0.2) is 9.84 Å². The van der Waals surface area contributed by atoms with Gasteiger partial charge in [0.25, 0.3) is 0 Å². The lowest BCUT2D eigenvalue weighted by Crippen LogP contribution is -2.10. The van der Waals surface area contributed by atoms with E-state index < -0.39 is 15.8 Å². The van der Waals surface area contributed by atoms with E-state index in [-0.39, 0.29) is 16.4 Å². The topological polar surface area (TPSA) is 71.4 Å². The molecule has 0 atom stereocenters. The lowest BCUT2D eigenvalue weighted by Gasteiger charge is -2.07. The lowest BCUT2D eigenvalue weighted by atomic mass is 10.1. The number of sulfone groups is 1. The number of rotatable bonds is 5. The first-order chi connectivity index (χ1) is 9.39. The number of carbonyl (C=O) groups is 1. The van der Waals surface area contributed by atoms with Crippen molar-refractivity contribution in [3.8, 4) is 0 Å². The summed E-state index contributed by atoms with van der Waals surface area (Å²) in [4.78, 5) is 11.1. The van der Waals surface area contributed by atoms with E-state index in [0.717, 1.165) is 22.5 Å². The van der Waals surface area contributed by atoms with Gasteiger partial charge in [-0.15, -0.1) is 11.3 Å². The molecule has 0 aliphatic heterocycles. The third-order valence-electron chi connectivity index (χ3n) is 2.95. The monoisotopic (exact) mass is 310 g/mol. The van der Waals surface area contributed by atoms with Crippen LogP contribution in [0.5, 0.6) is 0 Å².